The zero-order valence-corrected chi connectivity index (χ0v) is 21.6. The molecule has 0 radical (unpaired) electrons. The third-order valence-corrected chi connectivity index (χ3v) is 6.64. The smallest absolute Gasteiger partial charge is 0.252 e. The number of anilines is 2. The van der Waals surface area contributed by atoms with Crippen molar-refractivity contribution < 1.29 is 9.59 Å². The molecule has 1 unspecified atom stereocenters. The highest BCUT2D eigenvalue weighted by Gasteiger charge is 2.27. The van der Waals surface area contributed by atoms with Crippen molar-refractivity contribution in [2.75, 3.05) is 12.4 Å². The lowest BCUT2D eigenvalue weighted by molar-refractivity contribution is -0.122. The Morgan fingerprint density at radius 3 is 2.55 bits per heavy atom. The van der Waals surface area contributed by atoms with E-state index in [4.69, 9.17) is 5.73 Å². The highest BCUT2D eigenvalue weighted by molar-refractivity contribution is 5.99. The molecule has 1 aliphatic carbocycles. The van der Waals surface area contributed by atoms with Crippen LogP contribution in [0, 0.1) is 5.92 Å². The second-order valence-corrected chi connectivity index (χ2v) is 9.44. The van der Waals surface area contributed by atoms with Crippen LogP contribution in [0.4, 0.5) is 11.4 Å². The molecule has 5 N–H and O–H groups in total. The molecule has 38 heavy (non-hydrogen) atoms. The fourth-order valence-corrected chi connectivity index (χ4v) is 4.74. The lowest BCUT2D eigenvalue weighted by atomic mass is 9.97. The van der Waals surface area contributed by atoms with E-state index in [1.165, 1.54) is 12.4 Å². The van der Waals surface area contributed by atoms with Gasteiger partial charge in [-0.25, -0.2) is 0 Å². The van der Waals surface area contributed by atoms with E-state index in [1.54, 1.807) is 25.4 Å². The summed E-state index contributed by atoms with van der Waals surface area (Å²) in [6, 6.07) is 18.5. The molecule has 2 amide bonds. The van der Waals surface area contributed by atoms with Crippen molar-refractivity contribution in [1.29, 1.82) is 0 Å². The van der Waals surface area contributed by atoms with E-state index < -0.39 is 6.04 Å². The van der Waals surface area contributed by atoms with Crippen LogP contribution in [0.2, 0.25) is 0 Å². The van der Waals surface area contributed by atoms with Crippen LogP contribution < -0.4 is 21.7 Å². The van der Waals surface area contributed by atoms with E-state index in [0.717, 1.165) is 48.2 Å². The molecule has 2 aromatic carbocycles. The van der Waals surface area contributed by atoms with Crippen molar-refractivity contribution in [3.8, 4) is 11.1 Å². The number of allylic oxidation sites excluding steroid dienone is 1. The number of aliphatic imine (C=N–C) groups is 1. The lowest BCUT2D eigenvalue weighted by Crippen LogP contribution is -2.47. The first-order valence-corrected chi connectivity index (χ1v) is 12.9. The highest BCUT2D eigenvalue weighted by atomic mass is 16.2. The van der Waals surface area contributed by atoms with E-state index in [1.807, 2.05) is 54.7 Å². The van der Waals surface area contributed by atoms with E-state index in [2.05, 4.69) is 25.9 Å². The number of rotatable bonds is 10. The summed E-state index contributed by atoms with van der Waals surface area (Å²) < 4.78 is 0. The summed E-state index contributed by atoms with van der Waals surface area (Å²) in [5, 5.41) is 9.06. The Labute approximate surface area is 223 Å². The Balaban J connectivity index is 1.47. The quantitative estimate of drug-likeness (QED) is 0.292. The van der Waals surface area contributed by atoms with Crippen LogP contribution in [0.25, 0.3) is 11.1 Å². The molecule has 3 aromatic rings. The summed E-state index contributed by atoms with van der Waals surface area (Å²) in [7, 11) is 1.60. The monoisotopic (exact) mass is 510 g/mol. The molecule has 1 atom stereocenters. The van der Waals surface area contributed by atoms with Gasteiger partial charge < -0.3 is 21.7 Å². The van der Waals surface area contributed by atoms with Crippen molar-refractivity contribution in [2.24, 2.45) is 16.6 Å². The molecule has 0 spiro atoms. The molecular weight excluding hydrogens is 476 g/mol. The number of amides is 2. The summed E-state index contributed by atoms with van der Waals surface area (Å²) in [6.07, 6.45) is 11.3. The molecule has 0 bridgehead atoms. The molecule has 1 aliphatic rings. The predicted molar refractivity (Wildman–Crippen MR) is 152 cm³/mol. The second-order valence-electron chi connectivity index (χ2n) is 9.44. The predicted octanol–water partition coefficient (Wildman–Crippen LogP) is 4.79. The van der Waals surface area contributed by atoms with Gasteiger partial charge in [0.2, 0.25) is 5.91 Å². The molecule has 1 saturated carbocycles. The fraction of sp³-hybridized carbons (Fsp3) is 0.267. The van der Waals surface area contributed by atoms with E-state index in [9.17, 15) is 9.59 Å². The van der Waals surface area contributed by atoms with E-state index in [-0.39, 0.29) is 11.8 Å². The Bertz CT molecular complexity index is 1300. The number of aromatic nitrogens is 1. The summed E-state index contributed by atoms with van der Waals surface area (Å²) in [5.41, 5.74) is 10.1. The van der Waals surface area contributed by atoms with Crippen LogP contribution in [-0.4, -0.2) is 36.1 Å². The van der Waals surface area contributed by atoms with Crippen molar-refractivity contribution in [3.05, 3.63) is 90.5 Å². The van der Waals surface area contributed by atoms with Gasteiger partial charge >= 0.3 is 0 Å². The molecule has 4 rings (SSSR count). The van der Waals surface area contributed by atoms with Gasteiger partial charge in [-0.2, -0.15) is 0 Å². The van der Waals surface area contributed by atoms with Gasteiger partial charge in [-0.3, -0.25) is 19.6 Å². The maximum atomic E-state index is 13.3. The molecule has 1 aromatic heterocycles. The number of pyridine rings is 1. The summed E-state index contributed by atoms with van der Waals surface area (Å²) >= 11 is 0. The zero-order valence-electron chi connectivity index (χ0n) is 21.6. The number of carbonyl (C=O) groups is 2. The minimum Gasteiger partial charge on any atom is -0.403 e. The van der Waals surface area contributed by atoms with Gasteiger partial charge in [-0.05, 0) is 42.2 Å². The van der Waals surface area contributed by atoms with Crippen LogP contribution in [-0.2, 0) is 4.79 Å². The van der Waals surface area contributed by atoms with Gasteiger partial charge in [0.25, 0.3) is 5.91 Å². The van der Waals surface area contributed by atoms with E-state index in [0.29, 0.717) is 23.6 Å². The number of benzene rings is 2. The Hall–Kier alpha value is -4.46. The largest absolute Gasteiger partial charge is 0.403 e. The van der Waals surface area contributed by atoms with Crippen LogP contribution in [0.5, 0.6) is 0 Å². The minimum atomic E-state index is -0.686. The maximum Gasteiger partial charge on any atom is 0.252 e. The molecular formula is C30H34N6O2. The van der Waals surface area contributed by atoms with Gasteiger partial charge in [0.1, 0.15) is 6.04 Å². The molecule has 1 heterocycles. The Kier molecular flexibility index (Phi) is 9.23. The van der Waals surface area contributed by atoms with Crippen LogP contribution in [0.15, 0.2) is 89.9 Å². The third-order valence-electron chi connectivity index (χ3n) is 6.64. The van der Waals surface area contributed by atoms with Gasteiger partial charge in [-0.1, -0.05) is 62.1 Å². The molecule has 0 saturated heterocycles. The van der Waals surface area contributed by atoms with Crippen LogP contribution >= 0.6 is 0 Å². The number of hydrogen-bond donors (Lipinski definition) is 4. The van der Waals surface area contributed by atoms with Crippen molar-refractivity contribution >= 4 is 29.4 Å². The van der Waals surface area contributed by atoms with Crippen molar-refractivity contribution in [3.63, 3.8) is 0 Å². The molecule has 8 heteroatoms. The fourth-order valence-electron chi connectivity index (χ4n) is 4.74. The second kappa shape index (κ2) is 13.2. The van der Waals surface area contributed by atoms with Crippen molar-refractivity contribution in [2.45, 2.75) is 38.1 Å². The van der Waals surface area contributed by atoms with Gasteiger partial charge in [0.05, 0.1) is 17.6 Å². The Morgan fingerprint density at radius 2 is 1.82 bits per heavy atom. The van der Waals surface area contributed by atoms with Gasteiger partial charge in [-0.15, -0.1) is 0 Å². The summed E-state index contributed by atoms with van der Waals surface area (Å²) in [5.74, 6) is -0.223. The minimum absolute atomic E-state index is 0.306. The van der Waals surface area contributed by atoms with Crippen LogP contribution in [0.3, 0.4) is 0 Å². The van der Waals surface area contributed by atoms with Crippen LogP contribution in [0.1, 0.15) is 42.5 Å². The average Bonchev–Trinajstić information content (AvgIpc) is 3.46. The lowest BCUT2D eigenvalue weighted by Gasteiger charge is -2.22. The summed E-state index contributed by atoms with van der Waals surface area (Å²) in [6.45, 7) is 0. The van der Waals surface area contributed by atoms with Crippen molar-refractivity contribution in [1.82, 2.24) is 15.6 Å². The number of hydrogen-bond acceptors (Lipinski definition) is 6. The first-order chi connectivity index (χ1) is 18.6. The van der Waals surface area contributed by atoms with Gasteiger partial charge in [0, 0.05) is 42.5 Å². The number of nitrogens with two attached hydrogens (primary N) is 1. The SMILES string of the molecule is CN=C/C(=C\N)NC(=O)C(CC1CCCC1)NC(=O)c1cccc(Nc2cncc(-c3ccccc3)c2)c1. The summed E-state index contributed by atoms with van der Waals surface area (Å²) in [4.78, 5) is 34.6. The van der Waals surface area contributed by atoms with Gasteiger partial charge in [0.15, 0.2) is 0 Å². The van der Waals surface area contributed by atoms with E-state index >= 15 is 0 Å². The maximum absolute atomic E-state index is 13.3. The topological polar surface area (TPSA) is 121 Å². The highest BCUT2D eigenvalue weighted by Crippen LogP contribution is 2.29. The molecule has 196 valence electrons. The molecule has 8 nitrogen and oxygen atoms in total. The number of carbonyl (C=O) groups excluding carboxylic acids is 2. The normalized spacial score (nSPS) is 14.8. The number of nitrogens with zero attached hydrogens (tertiary/aromatic N) is 2. The molecule has 0 aliphatic heterocycles. The third kappa shape index (κ3) is 7.29. The Morgan fingerprint density at radius 1 is 1.03 bits per heavy atom. The first-order valence-electron chi connectivity index (χ1n) is 12.9. The standard InChI is InChI=1S/C30H34N6O2/c1-32-19-27(17-31)35-30(38)28(14-21-8-5-6-9-21)36-29(37)23-12-7-13-25(15-23)34-26-16-24(18-33-20-26)22-10-3-2-4-11-22/h2-4,7,10-13,15-21,28,34H,5-6,8-9,14,31H2,1H3,(H,35,38)(H,36,37)/b27-17+,32-19?. The number of nitrogens with one attached hydrogen (secondary N) is 3. The zero-order chi connectivity index (χ0) is 26.7. The molecule has 1 fully saturated rings. The first kappa shape index (κ1) is 26.6. The average molecular weight is 511 g/mol.